The van der Waals surface area contributed by atoms with Crippen LogP contribution < -0.4 is 0 Å². The van der Waals surface area contributed by atoms with Crippen LogP contribution in [0.3, 0.4) is 0 Å². The first-order valence-electron chi connectivity index (χ1n) is 6.22. The number of pyridine rings is 1. The normalized spacial score (nSPS) is 18.4. The summed E-state index contributed by atoms with van der Waals surface area (Å²) in [4.78, 5) is 29.1. The van der Waals surface area contributed by atoms with Crippen LogP contribution in [0.25, 0.3) is 0 Å². The van der Waals surface area contributed by atoms with Crippen molar-refractivity contribution in [1.29, 1.82) is 0 Å². The Kier molecular flexibility index (Phi) is 4.09. The molecule has 19 heavy (non-hydrogen) atoms. The summed E-state index contributed by atoms with van der Waals surface area (Å²) in [6.45, 7) is 2.49. The molecule has 0 saturated carbocycles. The van der Waals surface area contributed by atoms with Crippen molar-refractivity contribution in [1.82, 2.24) is 9.88 Å². The van der Waals surface area contributed by atoms with E-state index in [1.807, 2.05) is 0 Å². The van der Waals surface area contributed by atoms with Crippen LogP contribution in [0.4, 0.5) is 4.39 Å². The van der Waals surface area contributed by atoms with Crippen molar-refractivity contribution in [3.8, 4) is 0 Å². The van der Waals surface area contributed by atoms with E-state index in [1.54, 1.807) is 6.92 Å². The first kappa shape index (κ1) is 13.5. The summed E-state index contributed by atoms with van der Waals surface area (Å²) in [6, 6.07) is 1.94. The van der Waals surface area contributed by atoms with E-state index >= 15 is 0 Å². The highest BCUT2D eigenvalue weighted by Crippen LogP contribution is 2.20. The third kappa shape index (κ3) is 2.89. The van der Waals surface area contributed by atoms with Gasteiger partial charge in [0.2, 0.25) is 0 Å². The number of amides is 1. The number of hydrogen-bond donors (Lipinski definition) is 0. The minimum atomic E-state index is -0.556. The molecule has 1 amide bonds. The lowest BCUT2D eigenvalue weighted by atomic mass is 10.2. The van der Waals surface area contributed by atoms with Crippen molar-refractivity contribution in [3.63, 3.8) is 0 Å². The summed E-state index contributed by atoms with van der Waals surface area (Å²) >= 11 is 0. The van der Waals surface area contributed by atoms with Crippen LogP contribution >= 0.6 is 0 Å². The van der Waals surface area contributed by atoms with Crippen molar-refractivity contribution in [3.05, 3.63) is 29.8 Å². The summed E-state index contributed by atoms with van der Waals surface area (Å²) in [7, 11) is 0. The maximum absolute atomic E-state index is 12.8. The first-order chi connectivity index (χ1) is 9.13. The molecule has 1 unspecified atom stereocenters. The number of aromatic nitrogens is 1. The lowest BCUT2D eigenvalue weighted by Crippen LogP contribution is -2.41. The van der Waals surface area contributed by atoms with E-state index in [1.165, 1.54) is 17.0 Å². The third-order valence-corrected chi connectivity index (χ3v) is 3.02. The van der Waals surface area contributed by atoms with Gasteiger partial charge in [-0.15, -0.1) is 0 Å². The number of nitrogens with zero attached hydrogens (tertiary/aromatic N) is 2. The van der Waals surface area contributed by atoms with Gasteiger partial charge in [-0.3, -0.25) is 4.79 Å². The van der Waals surface area contributed by atoms with E-state index < -0.39 is 17.8 Å². The predicted octanol–water partition coefficient (Wildman–Crippen LogP) is 1.39. The molecule has 1 fully saturated rings. The number of carbonyl (C=O) groups is 2. The van der Waals surface area contributed by atoms with Crippen LogP contribution in [0.1, 0.15) is 30.3 Å². The lowest BCUT2D eigenvalue weighted by Gasteiger charge is -2.22. The topological polar surface area (TPSA) is 59.5 Å². The number of halogens is 1. The maximum Gasteiger partial charge on any atom is 0.328 e. The number of rotatable bonds is 3. The molecule has 1 atom stereocenters. The first-order valence-corrected chi connectivity index (χ1v) is 6.22. The molecule has 1 aliphatic rings. The monoisotopic (exact) mass is 266 g/mol. The van der Waals surface area contributed by atoms with Crippen LogP contribution in [0.15, 0.2) is 18.3 Å². The van der Waals surface area contributed by atoms with Crippen LogP contribution in [0, 0.1) is 5.82 Å². The van der Waals surface area contributed by atoms with Crippen molar-refractivity contribution < 1.29 is 18.7 Å². The number of hydrogen-bond acceptors (Lipinski definition) is 4. The van der Waals surface area contributed by atoms with Crippen LogP contribution in [0.5, 0.6) is 0 Å². The van der Waals surface area contributed by atoms with Gasteiger partial charge in [-0.25, -0.2) is 14.2 Å². The van der Waals surface area contributed by atoms with E-state index in [0.29, 0.717) is 13.0 Å². The van der Waals surface area contributed by atoms with Crippen molar-refractivity contribution >= 4 is 11.9 Å². The molecule has 6 heteroatoms. The summed E-state index contributed by atoms with van der Waals surface area (Å²) in [6.07, 6.45) is 2.32. The number of carbonyl (C=O) groups excluding carboxylic acids is 2. The zero-order valence-electron chi connectivity index (χ0n) is 10.6. The Morgan fingerprint density at radius 1 is 1.53 bits per heavy atom. The van der Waals surface area contributed by atoms with Crippen molar-refractivity contribution in [2.75, 3.05) is 13.2 Å². The van der Waals surface area contributed by atoms with E-state index in [0.717, 1.165) is 12.6 Å². The number of ether oxygens (including phenoxy) is 1. The minimum absolute atomic E-state index is 0.137. The number of esters is 1. The van der Waals surface area contributed by atoms with Gasteiger partial charge in [-0.2, -0.15) is 0 Å². The molecule has 0 N–H and O–H groups in total. The van der Waals surface area contributed by atoms with Gasteiger partial charge in [0.25, 0.3) is 5.91 Å². The van der Waals surface area contributed by atoms with Gasteiger partial charge >= 0.3 is 5.97 Å². The highest BCUT2D eigenvalue weighted by atomic mass is 19.1. The molecule has 0 radical (unpaired) electrons. The highest BCUT2D eigenvalue weighted by Gasteiger charge is 2.35. The van der Waals surface area contributed by atoms with Gasteiger partial charge in [0.05, 0.1) is 12.8 Å². The summed E-state index contributed by atoms with van der Waals surface area (Å²) in [5.41, 5.74) is 0.137. The zero-order chi connectivity index (χ0) is 13.8. The molecule has 1 aromatic rings. The zero-order valence-corrected chi connectivity index (χ0v) is 10.6. The molecule has 1 aliphatic heterocycles. The average Bonchev–Trinajstić information content (AvgIpc) is 2.88. The van der Waals surface area contributed by atoms with Gasteiger partial charge in [-0.05, 0) is 31.9 Å². The molecule has 0 bridgehead atoms. The highest BCUT2D eigenvalue weighted by molar-refractivity contribution is 5.95. The van der Waals surface area contributed by atoms with E-state index in [2.05, 4.69) is 4.98 Å². The van der Waals surface area contributed by atoms with Crippen LogP contribution in [0.2, 0.25) is 0 Å². The largest absolute Gasteiger partial charge is 0.464 e. The Balaban J connectivity index is 2.13. The summed E-state index contributed by atoms with van der Waals surface area (Å²) in [5.74, 6) is -1.26. The lowest BCUT2D eigenvalue weighted by molar-refractivity contribution is -0.147. The smallest absolute Gasteiger partial charge is 0.328 e. The van der Waals surface area contributed by atoms with Crippen LogP contribution in [-0.2, 0) is 9.53 Å². The summed E-state index contributed by atoms with van der Waals surface area (Å²) < 4.78 is 17.7. The van der Waals surface area contributed by atoms with Gasteiger partial charge in [-0.1, -0.05) is 0 Å². The van der Waals surface area contributed by atoms with Gasteiger partial charge in [0, 0.05) is 6.54 Å². The van der Waals surface area contributed by atoms with E-state index in [4.69, 9.17) is 4.74 Å². The molecule has 0 spiro atoms. The Morgan fingerprint density at radius 2 is 2.32 bits per heavy atom. The second-order valence-corrected chi connectivity index (χ2v) is 4.27. The Labute approximate surface area is 110 Å². The van der Waals surface area contributed by atoms with Crippen LogP contribution in [-0.4, -0.2) is 41.0 Å². The maximum atomic E-state index is 12.8. The Hall–Kier alpha value is -1.98. The van der Waals surface area contributed by atoms with Gasteiger partial charge < -0.3 is 9.64 Å². The average molecular weight is 266 g/mol. The van der Waals surface area contributed by atoms with Gasteiger partial charge in [0.15, 0.2) is 0 Å². The fourth-order valence-corrected chi connectivity index (χ4v) is 2.14. The molecular formula is C13H15FN2O3. The second-order valence-electron chi connectivity index (χ2n) is 4.27. The molecule has 1 saturated heterocycles. The van der Waals surface area contributed by atoms with E-state index in [-0.39, 0.29) is 18.2 Å². The molecule has 0 aliphatic carbocycles. The van der Waals surface area contributed by atoms with E-state index in [9.17, 15) is 14.0 Å². The molecule has 2 rings (SSSR count). The number of likely N-dealkylation sites (tertiary alicyclic amines) is 1. The predicted molar refractivity (Wildman–Crippen MR) is 64.9 cm³/mol. The summed E-state index contributed by atoms with van der Waals surface area (Å²) in [5, 5.41) is 0. The Bertz CT molecular complexity index is 475. The van der Waals surface area contributed by atoms with Gasteiger partial charge in [0.1, 0.15) is 17.6 Å². The Morgan fingerprint density at radius 3 is 2.95 bits per heavy atom. The minimum Gasteiger partial charge on any atom is -0.464 e. The SMILES string of the molecule is CCOC(=O)C1CCCN1C(=O)c1ccc(F)cn1. The quantitative estimate of drug-likeness (QED) is 0.776. The molecule has 102 valence electrons. The van der Waals surface area contributed by atoms with Crippen molar-refractivity contribution in [2.24, 2.45) is 0 Å². The second kappa shape index (κ2) is 5.77. The fourth-order valence-electron chi connectivity index (χ4n) is 2.14. The molecular weight excluding hydrogens is 251 g/mol. The molecule has 0 aromatic carbocycles. The standard InChI is InChI=1S/C13H15FN2O3/c1-2-19-13(18)11-4-3-7-16(11)12(17)10-6-5-9(14)8-15-10/h5-6,8,11H,2-4,7H2,1H3. The fraction of sp³-hybridized carbons (Fsp3) is 0.462. The third-order valence-electron chi connectivity index (χ3n) is 3.02. The molecule has 2 heterocycles. The molecule has 1 aromatic heterocycles. The van der Waals surface area contributed by atoms with Crippen molar-refractivity contribution in [2.45, 2.75) is 25.8 Å². The molecule has 5 nitrogen and oxygen atoms in total.